The first-order valence-electron chi connectivity index (χ1n) is 34.6. The number of methoxy groups -OCH3 is 3. The molecule has 4 aliphatic heterocycles. The van der Waals surface area contributed by atoms with Crippen LogP contribution in [0.15, 0.2) is 64.2 Å². The number of allylic oxidation sites excluding steroid dienone is 4. The first-order chi connectivity index (χ1) is 47.2. The van der Waals surface area contributed by atoms with E-state index >= 15 is 0 Å². The van der Waals surface area contributed by atoms with Crippen molar-refractivity contribution in [1.82, 2.24) is 15.1 Å². The van der Waals surface area contributed by atoms with Gasteiger partial charge in [0.2, 0.25) is 11.7 Å². The second kappa shape index (κ2) is 39.0. The number of hydrogen-bond acceptors (Lipinski definition) is 23. The second-order valence-corrected chi connectivity index (χ2v) is 31.5. The minimum Gasteiger partial charge on any atom is -0.483 e. The number of hydrogen-bond donors (Lipinski definition) is 4. The Bertz CT molecular complexity index is 3190. The maximum absolute atomic E-state index is 14.7. The van der Waals surface area contributed by atoms with Crippen molar-refractivity contribution in [2.24, 2.45) is 29.6 Å². The van der Waals surface area contributed by atoms with Gasteiger partial charge in [0.05, 0.1) is 46.5 Å². The quantitative estimate of drug-likeness (QED) is 0.0153. The molecule has 550 valence electrons. The number of ketones is 3. The number of nitrogens with one attached hydrogen (secondary N) is 1. The molecule has 14 atom stereocenters. The number of Topliss-reactive ketones (excluding diaryl/α,β-unsaturated/α-hetero) is 3. The molecular weight excluding hydrogens is 1400 g/mol. The Morgan fingerprint density at radius 2 is 1.59 bits per heavy atom. The van der Waals surface area contributed by atoms with E-state index in [4.69, 9.17) is 37.9 Å². The molecule has 5 aliphatic rings. The number of anilines is 1. The van der Waals surface area contributed by atoms with Crippen LogP contribution in [-0.4, -0.2) is 219 Å². The van der Waals surface area contributed by atoms with Crippen molar-refractivity contribution < 1.29 is 91.6 Å². The largest absolute Gasteiger partial charge is 0.483 e. The van der Waals surface area contributed by atoms with Gasteiger partial charge in [-0.15, -0.1) is 11.3 Å². The first-order valence-corrected chi connectivity index (χ1v) is 38.7. The van der Waals surface area contributed by atoms with Gasteiger partial charge >= 0.3 is 18.0 Å². The van der Waals surface area contributed by atoms with E-state index in [1.54, 1.807) is 38.7 Å². The Balaban J connectivity index is 1.02. The van der Waals surface area contributed by atoms with Crippen molar-refractivity contribution in [2.45, 2.75) is 193 Å². The lowest BCUT2D eigenvalue weighted by molar-refractivity contribution is -0.302. The number of fused-ring (bicyclic) bond motifs is 3. The summed E-state index contributed by atoms with van der Waals surface area (Å²) < 4.78 is 47.8. The number of rotatable bonds is 23. The third kappa shape index (κ3) is 22.0. The predicted octanol–water partition coefficient (Wildman–Crippen LogP) is 9.88. The molecule has 0 spiro atoms. The molecule has 5 heterocycles. The van der Waals surface area contributed by atoms with Crippen LogP contribution in [0.3, 0.4) is 0 Å². The lowest BCUT2D eigenvalue weighted by Crippen LogP contribution is -2.64. The standard InChI is InChI=1S/C72H103BrN4O19S3/c1-12-92-70(86)66-64(94-41-46(6)78)61(73)65(99-66)50-18-15-19-52(39-50)77(51-24-28-75(8)29-25-51)71(87)93-30-32-98-97-31-26-74-60(82)21-16-17-49-34-42(2)33-43(3)35-58(90-10)63-59(91-11)37-45(5)72(88,96-63)67(83)68(84)76-27-14-13-20-53(76)69(85)95-62(47(7)55(80)40-56(49)81)44(4)36-48-22-23-54(79)57(38-48)89-9/h15-16,18-19,21,34,36,39,43,45,47-49,51,53-55,57-59,62-63,79-80,88H,12-14,17,20,22-33,35,37-38,40-41H2,1-11H3,(H,74,82)/b21-16+,42-34-,44-36+/t43-,45-,47-,48+,49+,53-,54-,55+,57-,58-,59+,62-,63+,72-/m1/s1. The van der Waals surface area contributed by atoms with Crippen molar-refractivity contribution in [3.05, 3.63) is 69.1 Å². The monoisotopic (exact) mass is 1500 g/mol. The third-order valence-electron chi connectivity index (χ3n) is 19.4. The van der Waals surface area contributed by atoms with Crippen LogP contribution in [0.4, 0.5) is 10.5 Å². The van der Waals surface area contributed by atoms with Crippen LogP contribution in [0.2, 0.25) is 0 Å². The number of esters is 2. The zero-order valence-electron chi connectivity index (χ0n) is 59.1. The Kier molecular flexibility index (Phi) is 32.0. The van der Waals surface area contributed by atoms with Crippen molar-refractivity contribution >= 4 is 102 Å². The normalized spacial score (nSPS) is 29.8. The molecule has 1 saturated carbocycles. The number of thiophene rings is 1. The van der Waals surface area contributed by atoms with E-state index in [0.29, 0.717) is 89.2 Å². The van der Waals surface area contributed by atoms with Gasteiger partial charge in [0.25, 0.3) is 11.7 Å². The molecule has 1 aromatic heterocycles. The molecule has 2 bridgehead atoms. The lowest BCUT2D eigenvalue weighted by atomic mass is 9.81. The highest BCUT2D eigenvalue weighted by atomic mass is 79.9. The average molecular weight is 1500 g/mol. The van der Waals surface area contributed by atoms with Crippen LogP contribution in [0.1, 0.15) is 142 Å². The molecule has 4 fully saturated rings. The molecule has 23 nitrogen and oxygen atoms in total. The topological polar surface area (TPSA) is 293 Å². The zero-order chi connectivity index (χ0) is 72.3. The molecule has 3 amide bonds. The minimum atomic E-state index is -2.59. The zero-order valence-corrected chi connectivity index (χ0v) is 63.1. The van der Waals surface area contributed by atoms with Gasteiger partial charge < -0.3 is 68.3 Å². The highest BCUT2D eigenvalue weighted by molar-refractivity contribution is 9.10. The summed E-state index contributed by atoms with van der Waals surface area (Å²) in [7, 11) is 9.58. The summed E-state index contributed by atoms with van der Waals surface area (Å²) in [6.45, 7) is 14.0. The van der Waals surface area contributed by atoms with E-state index < -0.39 is 102 Å². The molecule has 1 aliphatic carbocycles. The van der Waals surface area contributed by atoms with Crippen LogP contribution in [0.5, 0.6) is 5.75 Å². The van der Waals surface area contributed by atoms with Crippen molar-refractivity contribution in [2.75, 3.05) is 90.8 Å². The van der Waals surface area contributed by atoms with Gasteiger partial charge in [0.1, 0.15) is 37.2 Å². The number of piperidine rings is 2. The van der Waals surface area contributed by atoms with Gasteiger partial charge in [-0.1, -0.05) is 78.3 Å². The fourth-order valence-corrected chi connectivity index (χ4v) is 17.6. The van der Waals surface area contributed by atoms with Gasteiger partial charge in [-0.05, 0) is 182 Å². The van der Waals surface area contributed by atoms with Crippen LogP contribution in [-0.2, 0) is 61.9 Å². The number of carbonyl (C=O) groups excluding carboxylic acids is 8. The molecule has 7 rings (SSSR count). The van der Waals surface area contributed by atoms with Gasteiger partial charge in [0.15, 0.2) is 16.4 Å². The minimum absolute atomic E-state index is 0.0292. The molecule has 99 heavy (non-hydrogen) atoms. The van der Waals surface area contributed by atoms with E-state index in [9.17, 15) is 53.7 Å². The molecule has 0 radical (unpaired) electrons. The van der Waals surface area contributed by atoms with Crippen molar-refractivity contribution in [3.8, 4) is 16.2 Å². The lowest BCUT2D eigenvalue weighted by Gasteiger charge is -2.47. The summed E-state index contributed by atoms with van der Waals surface area (Å²) in [5, 5.41) is 38.0. The molecular formula is C72H103BrN4O19S3. The van der Waals surface area contributed by atoms with Crippen molar-refractivity contribution in [3.63, 3.8) is 0 Å². The fourth-order valence-electron chi connectivity index (χ4n) is 13.9. The summed E-state index contributed by atoms with van der Waals surface area (Å²) in [5.41, 5.74) is 2.75. The molecule has 27 heteroatoms. The number of nitrogens with zero attached hydrogens (tertiary/aromatic N) is 3. The maximum atomic E-state index is 14.7. The fraction of sp³-hybridized carbons (Fsp3) is 0.667. The number of amides is 3. The average Bonchev–Trinajstić information content (AvgIpc) is 1.40. The highest BCUT2D eigenvalue weighted by Gasteiger charge is 2.57. The summed E-state index contributed by atoms with van der Waals surface area (Å²) in [6, 6.07) is 6.07. The Morgan fingerprint density at radius 1 is 0.879 bits per heavy atom. The maximum Gasteiger partial charge on any atom is 0.414 e. The summed E-state index contributed by atoms with van der Waals surface area (Å²) >= 11 is 4.78. The number of benzene rings is 1. The number of likely N-dealkylation sites (tertiary alicyclic amines) is 1. The van der Waals surface area contributed by atoms with Gasteiger partial charge in [0, 0.05) is 81.8 Å². The predicted molar refractivity (Wildman–Crippen MR) is 383 cm³/mol. The third-order valence-corrected chi connectivity index (χ3v) is 24.0. The van der Waals surface area contributed by atoms with Crippen molar-refractivity contribution in [1.29, 1.82) is 0 Å². The number of aliphatic hydroxyl groups is 3. The highest BCUT2D eigenvalue weighted by Crippen LogP contribution is 2.47. The second-order valence-electron chi connectivity index (χ2n) is 27.0. The summed E-state index contributed by atoms with van der Waals surface area (Å²) in [6.07, 6.45) is 5.38. The SMILES string of the molecule is CCOC(=O)c1sc(-c2cccc(N(C(=O)OCCSSCCNC(=O)/C=C/C[C@H]3/C=C(/C)C[C@@H](C)C[C@@H](OC)[C@@H]4O[C@@](O)(C(=O)C(=O)N5CCCC[C@@H]5C(=O)O[C@H](/C(C)=C/[C@@H]5CC[C@@H](O)[C@H](OC)C5)[C@H](C)[C@@H](O)CC3=O)[C@H](C)C[C@@H]4OC)C3CCN(C)CC3)c2)c(Br)c1OCC(C)=O. The van der Waals surface area contributed by atoms with Gasteiger partial charge in [-0.3, -0.25) is 28.9 Å². The van der Waals surface area contributed by atoms with E-state index in [1.807, 2.05) is 57.3 Å². The van der Waals surface area contributed by atoms with E-state index in [2.05, 4.69) is 26.1 Å². The van der Waals surface area contributed by atoms with Crippen LogP contribution >= 0.6 is 48.9 Å². The molecule has 3 saturated heterocycles. The van der Waals surface area contributed by atoms with Crippen LogP contribution in [0, 0.1) is 29.6 Å². The Labute approximate surface area is 603 Å². The Morgan fingerprint density at radius 3 is 2.28 bits per heavy atom. The number of carbonyl (C=O) groups is 8. The summed E-state index contributed by atoms with van der Waals surface area (Å²) in [5.74, 6) is -8.77. The van der Waals surface area contributed by atoms with Gasteiger partial charge in [-0.2, -0.15) is 0 Å². The van der Waals surface area contributed by atoms with Crippen LogP contribution < -0.4 is 15.0 Å². The number of cyclic esters (lactones) is 1. The summed E-state index contributed by atoms with van der Waals surface area (Å²) in [4.78, 5) is 117. The Hall–Kier alpha value is -5.04. The first kappa shape index (κ1) is 81.3. The number of halogens is 1. The van der Waals surface area contributed by atoms with Gasteiger partial charge in [-0.25, -0.2) is 14.4 Å². The molecule has 0 unspecified atom stereocenters. The number of aliphatic hydroxyl groups excluding tert-OH is 2. The van der Waals surface area contributed by atoms with E-state index in [1.165, 1.54) is 55.9 Å². The molecule has 4 N–H and O–H groups in total. The number of ether oxygens (including phenoxy) is 8. The molecule has 2 aromatic rings. The molecule has 1 aromatic carbocycles. The smallest absolute Gasteiger partial charge is 0.414 e. The van der Waals surface area contributed by atoms with E-state index in [0.717, 1.165) is 47.7 Å². The van der Waals surface area contributed by atoms with Crippen LogP contribution in [0.25, 0.3) is 10.4 Å². The van der Waals surface area contributed by atoms with E-state index in [-0.39, 0.29) is 98.0 Å².